The Balaban J connectivity index is 3.01. The Morgan fingerprint density at radius 1 is 1.67 bits per heavy atom. The fourth-order valence-electron chi connectivity index (χ4n) is 0.880. The summed E-state index contributed by atoms with van der Waals surface area (Å²) in [6, 6.07) is 1.36. The van der Waals surface area contributed by atoms with Crippen LogP contribution in [0.3, 0.4) is 0 Å². The maximum atomic E-state index is 13.2. The van der Waals surface area contributed by atoms with Gasteiger partial charge >= 0.3 is 0 Å². The topological polar surface area (TPSA) is 24.9 Å². The van der Waals surface area contributed by atoms with Crippen LogP contribution in [0.15, 0.2) is 16.7 Å². The third kappa shape index (κ3) is 2.01. The van der Waals surface area contributed by atoms with Crippen molar-refractivity contribution in [3.05, 3.63) is 28.2 Å². The van der Waals surface area contributed by atoms with E-state index in [9.17, 15) is 4.39 Å². The second-order valence-electron chi connectivity index (χ2n) is 2.53. The van der Waals surface area contributed by atoms with Crippen LogP contribution in [-0.4, -0.2) is 12.0 Å². The first kappa shape index (κ1) is 9.61. The highest BCUT2D eigenvalue weighted by atomic mass is 79.9. The van der Waals surface area contributed by atoms with Crippen molar-refractivity contribution in [2.24, 2.45) is 0 Å². The molecule has 1 aromatic heterocycles. The minimum absolute atomic E-state index is 0.0573. The van der Waals surface area contributed by atoms with E-state index in [4.69, 9.17) is 0 Å². The maximum absolute atomic E-state index is 13.2. The SMILES string of the molecule is CN[C@H](C)c1ncc(Br)cc1F. The summed E-state index contributed by atoms with van der Waals surface area (Å²) in [5.41, 5.74) is 0.445. The highest BCUT2D eigenvalue weighted by Crippen LogP contribution is 2.17. The van der Waals surface area contributed by atoms with Crippen LogP contribution in [-0.2, 0) is 0 Å². The van der Waals surface area contributed by atoms with Gasteiger partial charge in [-0.25, -0.2) is 4.39 Å². The molecular formula is C8H10BrFN2. The predicted octanol–water partition coefficient (Wildman–Crippen LogP) is 2.26. The number of hydrogen-bond acceptors (Lipinski definition) is 2. The Bertz CT molecular complexity index is 278. The van der Waals surface area contributed by atoms with Crippen molar-refractivity contribution in [3.63, 3.8) is 0 Å². The fraction of sp³-hybridized carbons (Fsp3) is 0.375. The summed E-state index contributed by atoms with van der Waals surface area (Å²) in [6.07, 6.45) is 1.59. The largest absolute Gasteiger partial charge is 0.312 e. The third-order valence-corrected chi connectivity index (χ3v) is 2.11. The predicted molar refractivity (Wildman–Crippen MR) is 49.4 cm³/mol. The second kappa shape index (κ2) is 3.96. The smallest absolute Gasteiger partial charge is 0.147 e. The first-order chi connectivity index (χ1) is 5.65. The van der Waals surface area contributed by atoms with Gasteiger partial charge in [0.05, 0.1) is 5.69 Å². The van der Waals surface area contributed by atoms with E-state index < -0.39 is 0 Å². The van der Waals surface area contributed by atoms with Gasteiger partial charge in [-0.05, 0) is 36.0 Å². The Labute approximate surface area is 79.3 Å². The zero-order chi connectivity index (χ0) is 9.14. The minimum atomic E-state index is -0.286. The quantitative estimate of drug-likeness (QED) is 0.847. The van der Waals surface area contributed by atoms with Gasteiger partial charge < -0.3 is 5.32 Å². The molecule has 0 saturated carbocycles. The lowest BCUT2D eigenvalue weighted by Crippen LogP contribution is -2.15. The molecule has 1 rings (SSSR count). The van der Waals surface area contributed by atoms with Gasteiger partial charge in [-0.1, -0.05) is 0 Å². The van der Waals surface area contributed by atoms with Crippen molar-refractivity contribution in [3.8, 4) is 0 Å². The minimum Gasteiger partial charge on any atom is -0.312 e. The fourth-order valence-corrected chi connectivity index (χ4v) is 1.18. The van der Waals surface area contributed by atoms with Crippen LogP contribution in [0, 0.1) is 5.82 Å². The van der Waals surface area contributed by atoms with Crippen LogP contribution in [0.5, 0.6) is 0 Å². The molecule has 1 atom stereocenters. The highest BCUT2D eigenvalue weighted by Gasteiger charge is 2.10. The summed E-state index contributed by atoms with van der Waals surface area (Å²) in [6.45, 7) is 1.86. The molecule has 66 valence electrons. The number of rotatable bonds is 2. The summed E-state index contributed by atoms with van der Waals surface area (Å²) in [7, 11) is 1.77. The summed E-state index contributed by atoms with van der Waals surface area (Å²) < 4.78 is 13.8. The van der Waals surface area contributed by atoms with E-state index in [1.54, 1.807) is 13.2 Å². The Morgan fingerprint density at radius 2 is 2.33 bits per heavy atom. The average Bonchev–Trinajstić information content (AvgIpc) is 2.03. The van der Waals surface area contributed by atoms with Gasteiger partial charge in [-0.2, -0.15) is 0 Å². The second-order valence-corrected chi connectivity index (χ2v) is 3.45. The monoisotopic (exact) mass is 232 g/mol. The highest BCUT2D eigenvalue weighted by molar-refractivity contribution is 9.10. The number of nitrogens with zero attached hydrogens (tertiary/aromatic N) is 1. The molecule has 4 heteroatoms. The standard InChI is InChI=1S/C8H10BrFN2/c1-5(11-2)8-7(10)3-6(9)4-12-8/h3-5,11H,1-2H3/t5-/m1/s1. The van der Waals surface area contributed by atoms with E-state index in [1.807, 2.05) is 6.92 Å². The number of hydrogen-bond donors (Lipinski definition) is 1. The van der Waals surface area contributed by atoms with Crippen molar-refractivity contribution in [2.75, 3.05) is 7.05 Å². The third-order valence-electron chi connectivity index (χ3n) is 1.68. The summed E-state index contributed by atoms with van der Waals surface area (Å²) in [4.78, 5) is 3.96. The summed E-state index contributed by atoms with van der Waals surface area (Å²) in [5, 5.41) is 2.92. The Kier molecular flexibility index (Phi) is 3.17. The molecule has 0 unspecified atom stereocenters. The molecule has 12 heavy (non-hydrogen) atoms. The first-order valence-corrected chi connectivity index (χ1v) is 4.42. The lowest BCUT2D eigenvalue weighted by molar-refractivity contribution is 0.543. The molecule has 0 aliphatic heterocycles. The molecule has 0 aromatic carbocycles. The molecular weight excluding hydrogens is 223 g/mol. The zero-order valence-corrected chi connectivity index (χ0v) is 8.52. The normalized spacial score (nSPS) is 13.0. The molecule has 0 aliphatic rings. The molecule has 0 saturated heterocycles. The van der Waals surface area contributed by atoms with E-state index in [-0.39, 0.29) is 11.9 Å². The van der Waals surface area contributed by atoms with Crippen molar-refractivity contribution in [2.45, 2.75) is 13.0 Å². The van der Waals surface area contributed by atoms with Crippen molar-refractivity contribution in [1.82, 2.24) is 10.3 Å². The number of aromatic nitrogens is 1. The molecule has 0 bridgehead atoms. The molecule has 0 spiro atoms. The van der Waals surface area contributed by atoms with Crippen molar-refractivity contribution < 1.29 is 4.39 Å². The van der Waals surface area contributed by atoms with E-state index in [0.717, 1.165) is 0 Å². The summed E-state index contributed by atoms with van der Waals surface area (Å²) in [5.74, 6) is -0.286. The van der Waals surface area contributed by atoms with Crippen LogP contribution in [0.1, 0.15) is 18.7 Å². The van der Waals surface area contributed by atoms with E-state index >= 15 is 0 Å². The van der Waals surface area contributed by atoms with Gasteiger partial charge in [0.25, 0.3) is 0 Å². The molecule has 0 fully saturated rings. The Morgan fingerprint density at radius 3 is 2.83 bits per heavy atom. The van der Waals surface area contributed by atoms with Crippen LogP contribution in [0.25, 0.3) is 0 Å². The number of nitrogens with one attached hydrogen (secondary N) is 1. The lowest BCUT2D eigenvalue weighted by Gasteiger charge is -2.09. The Hall–Kier alpha value is -0.480. The van der Waals surface area contributed by atoms with E-state index in [2.05, 4.69) is 26.2 Å². The van der Waals surface area contributed by atoms with Gasteiger partial charge in [-0.3, -0.25) is 4.98 Å². The van der Waals surface area contributed by atoms with Gasteiger partial charge in [0.15, 0.2) is 0 Å². The molecule has 0 amide bonds. The van der Waals surface area contributed by atoms with Gasteiger partial charge in [0, 0.05) is 16.7 Å². The number of halogens is 2. The van der Waals surface area contributed by atoms with Crippen molar-refractivity contribution >= 4 is 15.9 Å². The van der Waals surface area contributed by atoms with Crippen LogP contribution < -0.4 is 5.32 Å². The average molecular weight is 233 g/mol. The van der Waals surface area contributed by atoms with Crippen LogP contribution >= 0.6 is 15.9 Å². The molecule has 1 aromatic rings. The molecule has 1 heterocycles. The van der Waals surface area contributed by atoms with E-state index in [0.29, 0.717) is 10.2 Å². The molecule has 1 N–H and O–H groups in total. The molecule has 0 radical (unpaired) electrons. The maximum Gasteiger partial charge on any atom is 0.147 e. The number of pyridine rings is 1. The van der Waals surface area contributed by atoms with Crippen LogP contribution in [0.2, 0.25) is 0 Å². The summed E-state index contributed by atoms with van der Waals surface area (Å²) >= 11 is 3.14. The van der Waals surface area contributed by atoms with Gasteiger partial charge in [-0.15, -0.1) is 0 Å². The lowest BCUT2D eigenvalue weighted by atomic mass is 10.2. The molecule has 0 aliphatic carbocycles. The van der Waals surface area contributed by atoms with Crippen LogP contribution in [0.4, 0.5) is 4.39 Å². The van der Waals surface area contributed by atoms with E-state index in [1.165, 1.54) is 6.07 Å². The zero-order valence-electron chi connectivity index (χ0n) is 6.94. The molecule has 2 nitrogen and oxygen atoms in total. The first-order valence-electron chi connectivity index (χ1n) is 3.63. The van der Waals surface area contributed by atoms with Crippen molar-refractivity contribution in [1.29, 1.82) is 0 Å². The van der Waals surface area contributed by atoms with Gasteiger partial charge in [0.2, 0.25) is 0 Å². The van der Waals surface area contributed by atoms with Gasteiger partial charge in [0.1, 0.15) is 5.82 Å².